The second kappa shape index (κ2) is 7.62. The second-order valence-electron chi connectivity index (χ2n) is 11.3. The van der Waals surface area contributed by atoms with Crippen molar-refractivity contribution in [2.45, 2.75) is 56.6 Å². The smallest absolute Gasteiger partial charge is 0.245 e. The first-order valence-electron chi connectivity index (χ1n) is 12.8. The van der Waals surface area contributed by atoms with Gasteiger partial charge in [-0.3, -0.25) is 4.57 Å². The predicted molar refractivity (Wildman–Crippen MR) is 145 cm³/mol. The lowest BCUT2D eigenvalue weighted by atomic mass is 9.86. The Morgan fingerprint density at radius 3 is 2.51 bits per heavy atom. The van der Waals surface area contributed by atoms with Crippen LogP contribution in [0.1, 0.15) is 31.5 Å². The molecule has 0 radical (unpaired) electrons. The number of aryl methyl sites for hydroxylation is 2. The number of nitrogen functional groups attached to an aromatic ring is 2. The van der Waals surface area contributed by atoms with Crippen molar-refractivity contribution in [3.8, 4) is 0 Å². The van der Waals surface area contributed by atoms with Gasteiger partial charge in [0.1, 0.15) is 40.5 Å². The molecule has 2 aliphatic carbocycles. The van der Waals surface area contributed by atoms with Gasteiger partial charge in [0.2, 0.25) is 17.4 Å². The highest BCUT2D eigenvalue weighted by atomic mass is 35.5. The lowest BCUT2D eigenvalue weighted by Gasteiger charge is -2.31. The maximum Gasteiger partial charge on any atom is 0.245 e. The number of fused-ring (bicyclic) bond motifs is 5. The largest absolute Gasteiger partial charge is 0.459 e. The number of halogens is 2. The lowest BCUT2D eigenvalue weighted by Crippen LogP contribution is -2.47. The average Bonchev–Trinajstić information content (AvgIpc) is 3.14. The van der Waals surface area contributed by atoms with Crippen molar-refractivity contribution in [2.24, 2.45) is 5.41 Å². The van der Waals surface area contributed by atoms with E-state index < -0.39 is 34.2 Å². The minimum absolute atomic E-state index is 0.0673. The topological polar surface area (TPSA) is 195 Å². The molecule has 1 saturated carbocycles. The normalized spacial score (nSPS) is 29.2. The van der Waals surface area contributed by atoms with Crippen molar-refractivity contribution in [1.29, 1.82) is 0 Å². The molecule has 8 N–H and O–H groups in total. The van der Waals surface area contributed by atoms with Crippen LogP contribution in [0.2, 0.25) is 5.02 Å². The number of nitrogens with two attached hydrogens (primary N) is 2. The summed E-state index contributed by atoms with van der Waals surface area (Å²) in [6.07, 6.45) is 0.715. The fraction of sp³-hybridized carbons (Fsp3) is 0.370. The van der Waals surface area contributed by atoms with Crippen LogP contribution < -0.4 is 11.5 Å². The van der Waals surface area contributed by atoms with E-state index in [-0.39, 0.29) is 52.2 Å². The molecule has 0 spiro atoms. The molecule has 3 atom stereocenters. The Morgan fingerprint density at radius 1 is 1.05 bits per heavy atom. The molecule has 3 aliphatic rings. The zero-order chi connectivity index (χ0) is 29.5. The van der Waals surface area contributed by atoms with Crippen LogP contribution in [0, 0.1) is 18.2 Å². The summed E-state index contributed by atoms with van der Waals surface area (Å²) in [4.78, 5) is 12.5. The Bertz CT molecular complexity index is 1880. The fourth-order valence-electron chi connectivity index (χ4n) is 6.78. The third-order valence-electron chi connectivity index (χ3n) is 8.61. The van der Waals surface area contributed by atoms with Crippen LogP contribution in [0.25, 0.3) is 27.6 Å². The number of nitrogens with zero attached hydrogens (tertiary/aromatic N) is 4. The number of hydrogen-bond donors (Lipinski definition) is 6. The SMILES string of the molecule is Cc1cc2c(N)ncnc2n1C1=C2OC(C)(C)O[C@]2(O)[C@@]2(CCc3cc4nc(N)c(Cl)cc4cc3F)C(O)(O)[C@@]12O. The van der Waals surface area contributed by atoms with Crippen molar-refractivity contribution in [1.82, 2.24) is 19.5 Å². The Hall–Kier alpha value is -3.59. The second-order valence-corrected chi connectivity index (χ2v) is 11.7. The Balaban J connectivity index is 1.39. The van der Waals surface area contributed by atoms with Crippen LogP contribution in [0.3, 0.4) is 0 Å². The Labute approximate surface area is 236 Å². The minimum Gasteiger partial charge on any atom is -0.459 e. The predicted octanol–water partition coefficient (Wildman–Crippen LogP) is 1.94. The zero-order valence-corrected chi connectivity index (χ0v) is 22.9. The molecule has 12 nitrogen and oxygen atoms in total. The zero-order valence-electron chi connectivity index (χ0n) is 22.1. The van der Waals surface area contributed by atoms with Gasteiger partial charge in [0.25, 0.3) is 0 Å². The van der Waals surface area contributed by atoms with Crippen molar-refractivity contribution in [3.05, 3.63) is 58.4 Å². The van der Waals surface area contributed by atoms with E-state index in [1.54, 1.807) is 13.0 Å². The first-order chi connectivity index (χ1) is 19.1. The summed E-state index contributed by atoms with van der Waals surface area (Å²) in [6.45, 7) is 4.75. The lowest BCUT2D eigenvalue weighted by molar-refractivity contribution is -0.282. The van der Waals surface area contributed by atoms with Gasteiger partial charge in [-0.05, 0) is 49.6 Å². The summed E-state index contributed by atoms with van der Waals surface area (Å²) in [5, 5.41) is 48.2. The minimum atomic E-state index is -2.93. The van der Waals surface area contributed by atoms with Crippen molar-refractivity contribution in [3.63, 3.8) is 0 Å². The molecule has 0 bridgehead atoms. The molecule has 2 fully saturated rings. The number of benzene rings is 1. The molecule has 41 heavy (non-hydrogen) atoms. The summed E-state index contributed by atoms with van der Waals surface area (Å²) in [7, 11) is 0. The van der Waals surface area contributed by atoms with E-state index in [4.69, 9.17) is 32.5 Å². The summed E-state index contributed by atoms with van der Waals surface area (Å²) in [6, 6.07) is 5.85. The molecule has 1 aromatic carbocycles. The van der Waals surface area contributed by atoms with Gasteiger partial charge in [0.05, 0.1) is 15.9 Å². The van der Waals surface area contributed by atoms with E-state index in [0.717, 1.165) is 0 Å². The molecule has 1 saturated heterocycles. The molecule has 1 aliphatic heterocycles. The third kappa shape index (κ3) is 2.92. The quantitative estimate of drug-likeness (QED) is 0.192. The van der Waals surface area contributed by atoms with Gasteiger partial charge in [0, 0.05) is 24.9 Å². The summed E-state index contributed by atoms with van der Waals surface area (Å²) in [5.74, 6) is -7.48. The number of pyridine rings is 1. The number of ether oxygens (including phenoxy) is 2. The highest BCUT2D eigenvalue weighted by Gasteiger charge is 3.02. The number of hydrogen-bond acceptors (Lipinski definition) is 11. The van der Waals surface area contributed by atoms with Gasteiger partial charge in [-0.2, -0.15) is 0 Å². The van der Waals surface area contributed by atoms with E-state index in [0.29, 0.717) is 22.0 Å². The number of aliphatic hydroxyl groups is 4. The van der Waals surface area contributed by atoms with Gasteiger partial charge in [-0.25, -0.2) is 19.3 Å². The van der Waals surface area contributed by atoms with Crippen LogP contribution in [0.15, 0.2) is 36.4 Å². The molecular formula is C27H26ClFN6O6. The monoisotopic (exact) mass is 584 g/mol. The third-order valence-corrected chi connectivity index (χ3v) is 8.91. The van der Waals surface area contributed by atoms with Crippen LogP contribution in [-0.2, 0) is 15.9 Å². The van der Waals surface area contributed by atoms with Crippen LogP contribution in [0.4, 0.5) is 16.0 Å². The number of aromatic nitrogens is 4. The Kier molecular flexibility index (Phi) is 4.89. The molecule has 14 heteroatoms. The maximum absolute atomic E-state index is 15.3. The number of anilines is 2. The molecule has 214 valence electrons. The number of rotatable bonds is 4. The Morgan fingerprint density at radius 2 is 1.78 bits per heavy atom. The van der Waals surface area contributed by atoms with Crippen LogP contribution in [-0.4, -0.2) is 62.9 Å². The van der Waals surface area contributed by atoms with Crippen molar-refractivity contribution >= 4 is 50.9 Å². The molecule has 0 amide bonds. The van der Waals surface area contributed by atoms with E-state index >= 15 is 4.39 Å². The maximum atomic E-state index is 15.3. The van der Waals surface area contributed by atoms with Crippen LogP contribution in [0.5, 0.6) is 0 Å². The highest BCUT2D eigenvalue weighted by molar-refractivity contribution is 6.33. The van der Waals surface area contributed by atoms with Gasteiger partial charge in [-0.1, -0.05) is 11.6 Å². The first-order valence-corrected chi connectivity index (χ1v) is 13.1. The van der Waals surface area contributed by atoms with E-state index in [1.807, 2.05) is 0 Å². The van der Waals surface area contributed by atoms with Gasteiger partial charge in [-0.15, -0.1) is 0 Å². The molecule has 7 rings (SSSR count). The van der Waals surface area contributed by atoms with Gasteiger partial charge >= 0.3 is 0 Å². The molecule has 4 aromatic rings. The molecule has 0 unspecified atom stereocenters. The average molecular weight is 585 g/mol. The summed E-state index contributed by atoms with van der Waals surface area (Å²) < 4.78 is 28.6. The molecule has 4 heterocycles. The van der Waals surface area contributed by atoms with Crippen molar-refractivity contribution in [2.75, 3.05) is 11.5 Å². The molecule has 3 aromatic heterocycles. The summed E-state index contributed by atoms with van der Waals surface area (Å²) in [5.41, 5.74) is 8.20. The van der Waals surface area contributed by atoms with Gasteiger partial charge < -0.3 is 41.4 Å². The van der Waals surface area contributed by atoms with E-state index in [1.165, 1.54) is 42.9 Å². The van der Waals surface area contributed by atoms with Crippen molar-refractivity contribution < 1.29 is 34.3 Å². The molecular weight excluding hydrogens is 559 g/mol. The highest BCUT2D eigenvalue weighted by Crippen LogP contribution is 2.82. The summed E-state index contributed by atoms with van der Waals surface area (Å²) >= 11 is 6.03. The van der Waals surface area contributed by atoms with Gasteiger partial charge in [0.15, 0.2) is 11.4 Å². The van der Waals surface area contributed by atoms with E-state index in [2.05, 4.69) is 15.0 Å². The standard InChI is InChI=1S/C27H26ClFN6O6/c1-11-6-14-20(30)32-10-33-22(14)35(11)18-19-26(37,41-23(2,3)40-19)24(25(18,36)27(24,38)39)5-4-12-9-17-13(8-16(12)29)7-15(28)21(31)34-17/h6-10,36-39H,4-5H2,1-3H3,(H2,31,34)(H2,30,32,33)/t24-,25+,26-/m0/s1. The van der Waals surface area contributed by atoms with E-state index in [9.17, 15) is 20.4 Å². The first kappa shape index (κ1) is 26.3. The fourth-order valence-corrected chi connectivity index (χ4v) is 6.94. The van der Waals surface area contributed by atoms with Crippen LogP contribution >= 0.6 is 11.6 Å².